The van der Waals surface area contributed by atoms with Crippen molar-refractivity contribution >= 4 is 39.8 Å². The summed E-state index contributed by atoms with van der Waals surface area (Å²) < 4.78 is 13.5. The molecular weight excluding hydrogens is 313 g/mol. The lowest BCUT2D eigenvalue weighted by Crippen LogP contribution is -2.26. The Morgan fingerprint density at radius 3 is 2.86 bits per heavy atom. The number of hydrogen-bond acceptors (Lipinski definition) is 6. The van der Waals surface area contributed by atoms with Crippen molar-refractivity contribution in [1.82, 2.24) is 0 Å². The second kappa shape index (κ2) is 6.30. The maximum absolute atomic E-state index is 13.5. The lowest BCUT2D eigenvalue weighted by Gasteiger charge is -2.18. The first-order valence-electron chi connectivity index (χ1n) is 6.46. The van der Waals surface area contributed by atoms with Gasteiger partial charge in [0.1, 0.15) is 0 Å². The molecule has 118 valence electrons. The van der Waals surface area contributed by atoms with Crippen LogP contribution in [0.5, 0.6) is 0 Å². The van der Waals surface area contributed by atoms with E-state index in [9.17, 15) is 24.1 Å². The van der Waals surface area contributed by atoms with Gasteiger partial charge in [0, 0.05) is 37.8 Å². The van der Waals surface area contributed by atoms with Crippen LogP contribution in [0, 0.1) is 21.8 Å². The Morgan fingerprint density at radius 2 is 2.27 bits per heavy atom. The molecule has 2 N–H and O–H groups in total. The first kappa shape index (κ1) is 16.2. The fourth-order valence-corrected chi connectivity index (χ4v) is 2.99. The highest BCUT2D eigenvalue weighted by molar-refractivity contribution is 8.13. The van der Waals surface area contributed by atoms with E-state index < -0.39 is 16.4 Å². The van der Waals surface area contributed by atoms with Crippen LogP contribution in [0.4, 0.5) is 21.5 Å². The van der Waals surface area contributed by atoms with E-state index in [-0.39, 0.29) is 34.7 Å². The smallest absolute Gasteiger partial charge is 0.307 e. The van der Waals surface area contributed by atoms with Crippen molar-refractivity contribution < 1.29 is 18.9 Å². The van der Waals surface area contributed by atoms with E-state index in [1.165, 1.54) is 11.8 Å². The number of amides is 1. The third-order valence-corrected chi connectivity index (χ3v) is 4.36. The minimum Gasteiger partial charge on any atom is -0.397 e. The number of anilines is 2. The fraction of sp³-hybridized carbons (Fsp3) is 0.385. The van der Waals surface area contributed by atoms with Crippen LogP contribution in [-0.2, 0) is 9.59 Å². The van der Waals surface area contributed by atoms with Gasteiger partial charge in [-0.15, -0.1) is 0 Å². The molecule has 1 aromatic carbocycles. The van der Waals surface area contributed by atoms with E-state index >= 15 is 0 Å². The predicted octanol–water partition coefficient (Wildman–Crippen LogP) is 1.95. The third kappa shape index (κ3) is 3.35. The average Bonchev–Trinajstić information content (AvgIpc) is 2.77. The minimum absolute atomic E-state index is 0.0312. The van der Waals surface area contributed by atoms with Crippen molar-refractivity contribution in [2.24, 2.45) is 5.92 Å². The second-order valence-electron chi connectivity index (χ2n) is 5.00. The molecule has 1 amide bonds. The molecule has 1 aliphatic heterocycles. The van der Waals surface area contributed by atoms with Crippen LogP contribution in [0.2, 0.25) is 0 Å². The van der Waals surface area contributed by atoms with Crippen LogP contribution in [0.25, 0.3) is 0 Å². The number of nitrogens with zero attached hydrogens (tertiary/aromatic N) is 2. The number of carbonyl (C=O) groups excluding carboxylic acids is 2. The molecule has 0 aromatic heterocycles. The molecule has 22 heavy (non-hydrogen) atoms. The quantitative estimate of drug-likeness (QED) is 0.514. The monoisotopic (exact) mass is 327 g/mol. The number of nitro groups is 1. The van der Waals surface area contributed by atoms with E-state index in [1.807, 2.05) is 0 Å². The number of nitrogens with two attached hydrogens (primary N) is 1. The first-order chi connectivity index (χ1) is 10.3. The van der Waals surface area contributed by atoms with Gasteiger partial charge in [-0.05, 0) is 5.92 Å². The fourth-order valence-electron chi connectivity index (χ4n) is 2.30. The Morgan fingerprint density at radius 1 is 1.59 bits per heavy atom. The van der Waals surface area contributed by atoms with Crippen molar-refractivity contribution in [3.05, 3.63) is 28.1 Å². The van der Waals surface area contributed by atoms with Crippen molar-refractivity contribution in [2.45, 2.75) is 13.3 Å². The van der Waals surface area contributed by atoms with Crippen LogP contribution in [0.15, 0.2) is 12.1 Å². The number of benzene rings is 1. The molecule has 2 rings (SSSR count). The van der Waals surface area contributed by atoms with Crippen molar-refractivity contribution in [3.8, 4) is 0 Å². The summed E-state index contributed by atoms with van der Waals surface area (Å²) in [4.78, 5) is 34.3. The van der Waals surface area contributed by atoms with Gasteiger partial charge in [-0.25, -0.2) is 0 Å². The number of rotatable bonds is 4. The van der Waals surface area contributed by atoms with Gasteiger partial charge >= 0.3 is 5.69 Å². The Balaban J connectivity index is 2.24. The molecule has 0 spiro atoms. The molecular formula is C13H14FN3O4S. The summed E-state index contributed by atoms with van der Waals surface area (Å²) >= 11 is 1.13. The molecule has 0 aliphatic carbocycles. The van der Waals surface area contributed by atoms with Crippen LogP contribution in [0.1, 0.15) is 13.3 Å². The summed E-state index contributed by atoms with van der Waals surface area (Å²) in [6.45, 7) is 1.74. The summed E-state index contributed by atoms with van der Waals surface area (Å²) in [6.07, 6.45) is 0.227. The average molecular weight is 327 g/mol. The molecule has 1 atom stereocenters. The molecule has 7 nitrogen and oxygen atoms in total. The van der Waals surface area contributed by atoms with Gasteiger partial charge in [-0.3, -0.25) is 19.7 Å². The van der Waals surface area contributed by atoms with Gasteiger partial charge in [-0.2, -0.15) is 4.39 Å². The molecule has 1 aromatic rings. The predicted molar refractivity (Wildman–Crippen MR) is 81.1 cm³/mol. The van der Waals surface area contributed by atoms with Crippen LogP contribution in [-0.4, -0.2) is 28.2 Å². The topological polar surface area (TPSA) is 107 Å². The number of hydrogen-bond donors (Lipinski definition) is 1. The zero-order valence-corrected chi connectivity index (χ0v) is 12.6. The SMILES string of the molecule is CC(=O)SCC1CC(=O)N(c2cc([N+](=O)[O-])c(F)cc2N)C1. The molecule has 0 bridgehead atoms. The zero-order chi connectivity index (χ0) is 16.4. The summed E-state index contributed by atoms with van der Waals surface area (Å²) in [5.74, 6) is -0.853. The Kier molecular flexibility index (Phi) is 4.65. The van der Waals surface area contributed by atoms with Gasteiger partial charge in [0.2, 0.25) is 11.7 Å². The highest BCUT2D eigenvalue weighted by Crippen LogP contribution is 2.35. The summed E-state index contributed by atoms with van der Waals surface area (Å²) in [7, 11) is 0. The highest BCUT2D eigenvalue weighted by atomic mass is 32.2. The van der Waals surface area contributed by atoms with Gasteiger partial charge < -0.3 is 10.6 Å². The van der Waals surface area contributed by atoms with Crippen LogP contribution >= 0.6 is 11.8 Å². The highest BCUT2D eigenvalue weighted by Gasteiger charge is 2.33. The van der Waals surface area contributed by atoms with Crippen molar-refractivity contribution in [3.63, 3.8) is 0 Å². The van der Waals surface area contributed by atoms with Gasteiger partial charge in [0.15, 0.2) is 5.12 Å². The molecule has 1 fully saturated rings. The van der Waals surface area contributed by atoms with E-state index in [4.69, 9.17) is 5.73 Å². The number of thioether (sulfide) groups is 1. The normalized spacial score (nSPS) is 17.8. The van der Waals surface area contributed by atoms with Crippen molar-refractivity contribution in [1.29, 1.82) is 0 Å². The number of nitro benzene ring substituents is 1. The first-order valence-corrected chi connectivity index (χ1v) is 7.45. The van der Waals surface area contributed by atoms with E-state index in [0.29, 0.717) is 12.3 Å². The van der Waals surface area contributed by atoms with Crippen molar-refractivity contribution in [2.75, 3.05) is 22.9 Å². The van der Waals surface area contributed by atoms with E-state index in [1.54, 1.807) is 0 Å². The third-order valence-electron chi connectivity index (χ3n) is 3.31. The number of nitrogen functional groups attached to an aromatic ring is 1. The summed E-state index contributed by atoms with van der Waals surface area (Å²) in [5, 5.41) is 10.8. The van der Waals surface area contributed by atoms with E-state index in [0.717, 1.165) is 23.9 Å². The molecule has 9 heteroatoms. The largest absolute Gasteiger partial charge is 0.397 e. The Labute approximate surface area is 129 Å². The Bertz CT molecular complexity index is 652. The summed E-state index contributed by atoms with van der Waals surface area (Å²) in [6, 6.07) is 1.82. The number of halogens is 1. The van der Waals surface area contributed by atoms with Crippen LogP contribution < -0.4 is 10.6 Å². The molecule has 0 radical (unpaired) electrons. The maximum atomic E-state index is 13.5. The summed E-state index contributed by atoms with van der Waals surface area (Å²) in [5.41, 5.74) is 5.06. The zero-order valence-electron chi connectivity index (χ0n) is 11.7. The maximum Gasteiger partial charge on any atom is 0.307 e. The number of carbonyl (C=O) groups is 2. The molecule has 1 heterocycles. The minimum atomic E-state index is -1.04. The van der Waals surface area contributed by atoms with Gasteiger partial charge in [-0.1, -0.05) is 11.8 Å². The van der Waals surface area contributed by atoms with Gasteiger partial charge in [0.25, 0.3) is 0 Å². The molecule has 0 saturated carbocycles. The van der Waals surface area contributed by atoms with Crippen LogP contribution in [0.3, 0.4) is 0 Å². The second-order valence-corrected chi connectivity index (χ2v) is 6.19. The standard InChI is InChI=1S/C13H14FN3O4S/c1-7(18)22-6-8-2-13(19)16(5-8)12-4-11(17(20)21)9(14)3-10(12)15/h3-4,8H,2,5-6,15H2,1H3. The molecule has 1 aliphatic rings. The lowest BCUT2D eigenvalue weighted by molar-refractivity contribution is -0.387. The molecule has 1 unspecified atom stereocenters. The van der Waals surface area contributed by atoms with Gasteiger partial charge in [0.05, 0.1) is 16.3 Å². The lowest BCUT2D eigenvalue weighted by atomic mass is 10.1. The van der Waals surface area contributed by atoms with E-state index in [2.05, 4.69) is 0 Å². The molecule has 1 saturated heterocycles. The Hall–Kier alpha value is -2.16.